The first kappa shape index (κ1) is 20.5. The summed E-state index contributed by atoms with van der Waals surface area (Å²) in [6.07, 6.45) is -1.15. The maximum absolute atomic E-state index is 12.8. The first-order chi connectivity index (χ1) is 12.1. The van der Waals surface area contributed by atoms with Gasteiger partial charge in [-0.2, -0.15) is 4.98 Å². The summed E-state index contributed by atoms with van der Waals surface area (Å²) in [6, 6.07) is 0. The average Bonchev–Trinajstić information content (AvgIpc) is 2.87. The Morgan fingerprint density at radius 3 is 2.38 bits per heavy atom. The quantitative estimate of drug-likeness (QED) is 0.610. The summed E-state index contributed by atoms with van der Waals surface area (Å²) >= 11 is 0. The van der Waals surface area contributed by atoms with E-state index in [9.17, 15) is 9.36 Å². The largest absolute Gasteiger partial charge is 0.369 e. The van der Waals surface area contributed by atoms with Crippen LogP contribution >= 0.6 is 7.60 Å². The molecule has 0 spiro atoms. The van der Waals surface area contributed by atoms with Crippen LogP contribution in [0.2, 0.25) is 0 Å². The van der Waals surface area contributed by atoms with Crippen LogP contribution in [-0.2, 0) is 24.9 Å². The highest BCUT2D eigenvalue weighted by Gasteiger charge is 2.29. The van der Waals surface area contributed by atoms with Gasteiger partial charge in [0.15, 0.2) is 11.2 Å². The molecule has 2 aromatic heterocycles. The molecular formula is C14H25N6O5P. The van der Waals surface area contributed by atoms with E-state index in [0.29, 0.717) is 0 Å². The summed E-state index contributed by atoms with van der Waals surface area (Å²) in [5.41, 5.74) is 5.43. The van der Waals surface area contributed by atoms with Crippen LogP contribution in [0, 0.1) is 0 Å². The van der Waals surface area contributed by atoms with Crippen molar-refractivity contribution in [1.82, 2.24) is 25.0 Å². The zero-order valence-corrected chi connectivity index (χ0v) is 16.4. The minimum Gasteiger partial charge on any atom is -0.369 e. The van der Waals surface area contributed by atoms with Crippen molar-refractivity contribution >= 4 is 24.7 Å². The zero-order chi connectivity index (χ0) is 19.5. The molecule has 0 bridgehead atoms. The first-order valence-electron chi connectivity index (χ1n) is 8.26. The fraction of sp³-hybridized carbons (Fsp3) is 0.714. The van der Waals surface area contributed by atoms with Crippen LogP contribution in [0.5, 0.6) is 0 Å². The molecule has 0 aromatic carbocycles. The molecule has 0 aliphatic rings. The van der Waals surface area contributed by atoms with Gasteiger partial charge in [-0.05, 0) is 34.6 Å². The SMILES string of the molecule is CC(C)OP(=O)(CO[C@H](C)Cn1nnc2c(=O)[nH]c(N)nc21)OC(C)C. The third-order valence-electron chi connectivity index (χ3n) is 3.08. The summed E-state index contributed by atoms with van der Waals surface area (Å²) in [7, 11) is -3.40. The van der Waals surface area contributed by atoms with Gasteiger partial charge in [-0.1, -0.05) is 5.21 Å². The van der Waals surface area contributed by atoms with Crippen molar-refractivity contribution in [2.75, 3.05) is 12.1 Å². The minimum atomic E-state index is -3.40. The van der Waals surface area contributed by atoms with Crippen molar-refractivity contribution in [2.24, 2.45) is 0 Å². The second-order valence-electron chi connectivity index (χ2n) is 6.42. The van der Waals surface area contributed by atoms with E-state index in [1.807, 2.05) is 0 Å². The lowest BCUT2D eigenvalue weighted by Gasteiger charge is -2.24. The number of H-pyrrole nitrogens is 1. The monoisotopic (exact) mass is 388 g/mol. The van der Waals surface area contributed by atoms with Crippen LogP contribution in [0.25, 0.3) is 11.2 Å². The molecule has 2 aromatic rings. The van der Waals surface area contributed by atoms with E-state index in [1.54, 1.807) is 34.6 Å². The second kappa shape index (κ2) is 8.26. The van der Waals surface area contributed by atoms with Crippen molar-refractivity contribution in [1.29, 1.82) is 0 Å². The molecule has 0 unspecified atom stereocenters. The van der Waals surface area contributed by atoms with Gasteiger partial charge >= 0.3 is 7.60 Å². The summed E-state index contributed by atoms with van der Waals surface area (Å²) in [5, 5.41) is 7.69. The van der Waals surface area contributed by atoms with E-state index in [1.165, 1.54) is 4.68 Å². The van der Waals surface area contributed by atoms with Gasteiger partial charge < -0.3 is 19.5 Å². The van der Waals surface area contributed by atoms with Crippen molar-refractivity contribution < 1.29 is 18.3 Å². The fourth-order valence-electron chi connectivity index (χ4n) is 2.25. The molecule has 2 rings (SSSR count). The molecule has 146 valence electrons. The summed E-state index contributed by atoms with van der Waals surface area (Å²) < 4.78 is 30.7. The molecule has 0 saturated carbocycles. The summed E-state index contributed by atoms with van der Waals surface area (Å²) in [6.45, 7) is 9.09. The van der Waals surface area contributed by atoms with Gasteiger partial charge in [0.2, 0.25) is 5.95 Å². The number of nitrogen functional groups attached to an aromatic ring is 1. The Hall–Kier alpha value is -1.81. The van der Waals surface area contributed by atoms with Gasteiger partial charge in [0.1, 0.15) is 6.35 Å². The van der Waals surface area contributed by atoms with E-state index in [2.05, 4.69) is 20.3 Å². The number of hydrogen-bond acceptors (Lipinski definition) is 9. The van der Waals surface area contributed by atoms with Crippen molar-refractivity contribution in [3.05, 3.63) is 10.4 Å². The van der Waals surface area contributed by atoms with E-state index in [0.717, 1.165) is 0 Å². The molecule has 12 heteroatoms. The predicted octanol–water partition coefficient (Wildman–Crippen LogP) is 1.50. The molecule has 0 radical (unpaired) electrons. The number of anilines is 1. The van der Waals surface area contributed by atoms with Crippen molar-refractivity contribution in [2.45, 2.75) is 59.5 Å². The topological polar surface area (TPSA) is 147 Å². The number of nitrogens with one attached hydrogen (secondary N) is 1. The number of rotatable bonds is 9. The molecule has 11 nitrogen and oxygen atoms in total. The van der Waals surface area contributed by atoms with Gasteiger partial charge in [0, 0.05) is 0 Å². The Morgan fingerprint density at radius 2 is 1.81 bits per heavy atom. The lowest BCUT2D eigenvalue weighted by molar-refractivity contribution is 0.0529. The Morgan fingerprint density at radius 1 is 1.19 bits per heavy atom. The molecule has 0 aliphatic carbocycles. The van der Waals surface area contributed by atoms with Gasteiger partial charge in [0.05, 0.1) is 24.9 Å². The van der Waals surface area contributed by atoms with Crippen LogP contribution in [0.3, 0.4) is 0 Å². The van der Waals surface area contributed by atoms with Crippen molar-refractivity contribution in [3.63, 3.8) is 0 Å². The molecular weight excluding hydrogens is 363 g/mol. The summed E-state index contributed by atoms with van der Waals surface area (Å²) in [5.74, 6) is -0.0280. The molecule has 0 fully saturated rings. The Labute approximate surface area is 150 Å². The molecule has 2 heterocycles. The minimum absolute atomic E-state index is 0.0280. The van der Waals surface area contributed by atoms with Crippen LogP contribution in [0.1, 0.15) is 34.6 Å². The number of nitrogens with zero attached hydrogens (tertiary/aromatic N) is 4. The number of nitrogens with two attached hydrogens (primary N) is 1. The third-order valence-corrected chi connectivity index (χ3v) is 5.03. The fourth-order valence-corrected chi connectivity index (χ4v) is 4.14. The lowest BCUT2D eigenvalue weighted by Crippen LogP contribution is -2.21. The van der Waals surface area contributed by atoms with E-state index in [4.69, 9.17) is 19.5 Å². The van der Waals surface area contributed by atoms with Gasteiger partial charge in [0.25, 0.3) is 5.56 Å². The van der Waals surface area contributed by atoms with Crippen LogP contribution in [0.4, 0.5) is 5.95 Å². The molecule has 26 heavy (non-hydrogen) atoms. The molecule has 0 aliphatic heterocycles. The number of aromatic amines is 1. The van der Waals surface area contributed by atoms with Crippen LogP contribution < -0.4 is 11.3 Å². The van der Waals surface area contributed by atoms with Crippen LogP contribution in [-0.4, -0.2) is 49.6 Å². The number of aromatic nitrogens is 5. The number of ether oxygens (including phenoxy) is 1. The lowest BCUT2D eigenvalue weighted by atomic mass is 10.4. The average molecular weight is 388 g/mol. The van der Waals surface area contributed by atoms with E-state index >= 15 is 0 Å². The maximum atomic E-state index is 12.8. The highest BCUT2D eigenvalue weighted by atomic mass is 31.2. The number of fused-ring (bicyclic) bond motifs is 1. The smallest absolute Gasteiger partial charge is 0.356 e. The standard InChI is InChI=1S/C14H25N6O5P/c1-8(2)24-26(22,25-9(3)4)7-23-10(5)6-20-12-11(18-19-20)13(21)17-14(15)16-12/h8-10H,6-7H2,1-5H3,(H3,15,16,17,21)/t10-/m1/s1. The third kappa shape index (κ3) is 5.34. The predicted molar refractivity (Wildman–Crippen MR) is 95.8 cm³/mol. The molecule has 0 saturated heterocycles. The van der Waals surface area contributed by atoms with E-state index in [-0.39, 0.29) is 42.2 Å². The Balaban J connectivity index is 2.07. The van der Waals surface area contributed by atoms with Crippen LogP contribution in [0.15, 0.2) is 4.79 Å². The Kier molecular flexibility index (Phi) is 6.51. The van der Waals surface area contributed by atoms with Gasteiger partial charge in [-0.3, -0.25) is 14.3 Å². The maximum Gasteiger partial charge on any atom is 0.356 e. The number of hydrogen-bond donors (Lipinski definition) is 2. The highest BCUT2D eigenvalue weighted by molar-refractivity contribution is 7.53. The van der Waals surface area contributed by atoms with Gasteiger partial charge in [-0.25, -0.2) is 4.68 Å². The Bertz CT molecular complexity index is 834. The van der Waals surface area contributed by atoms with E-state index < -0.39 is 19.3 Å². The molecule has 3 N–H and O–H groups in total. The highest BCUT2D eigenvalue weighted by Crippen LogP contribution is 2.50. The zero-order valence-electron chi connectivity index (χ0n) is 15.5. The molecule has 0 amide bonds. The molecule has 1 atom stereocenters. The van der Waals surface area contributed by atoms with Crippen molar-refractivity contribution in [3.8, 4) is 0 Å². The van der Waals surface area contributed by atoms with Gasteiger partial charge in [-0.15, -0.1) is 5.10 Å². The summed E-state index contributed by atoms with van der Waals surface area (Å²) in [4.78, 5) is 18.2. The first-order valence-corrected chi connectivity index (χ1v) is 9.99. The normalized spacial score (nSPS) is 13.8. The second-order valence-corrected chi connectivity index (χ2v) is 8.32.